The van der Waals surface area contributed by atoms with E-state index in [-0.39, 0.29) is 29.5 Å². The van der Waals surface area contributed by atoms with E-state index >= 15 is 0 Å². The molecule has 0 unspecified atom stereocenters. The number of carbonyl (C=O) groups is 2. The molecule has 2 amide bonds. The van der Waals surface area contributed by atoms with Crippen molar-refractivity contribution in [1.82, 2.24) is 10.2 Å². The Bertz CT molecular complexity index is 1630. The summed E-state index contributed by atoms with van der Waals surface area (Å²) in [6.07, 6.45) is 0.229. The van der Waals surface area contributed by atoms with Crippen LogP contribution < -0.4 is 14.4 Å². The van der Waals surface area contributed by atoms with E-state index in [1.807, 2.05) is 37.3 Å². The summed E-state index contributed by atoms with van der Waals surface area (Å²) in [6, 6.07) is 30.1. The minimum atomic E-state index is -4.23. The number of carbonyl (C=O) groups excluding carboxylic acids is 2. The van der Waals surface area contributed by atoms with Crippen molar-refractivity contribution in [2.24, 2.45) is 0 Å². The standard InChI is InChI=1S/C34H36ClN3O5S/c1-3-36-34(40)31(23-26-13-7-5-8-14-26)37(24-27-19-21-28(35)22-20-27)33(39)25-38(30-17-11-12-18-32(30)43-4-2)44(41,42)29-15-9-6-10-16-29/h5-22,31H,3-4,23-25H2,1-2H3,(H,36,40)/t31-/m0/s1. The highest BCUT2D eigenvalue weighted by Crippen LogP contribution is 2.33. The molecule has 230 valence electrons. The third kappa shape index (κ3) is 8.18. The lowest BCUT2D eigenvalue weighted by molar-refractivity contribution is -0.140. The van der Waals surface area contributed by atoms with Gasteiger partial charge in [0.1, 0.15) is 18.3 Å². The van der Waals surface area contributed by atoms with E-state index < -0.39 is 28.5 Å². The summed E-state index contributed by atoms with van der Waals surface area (Å²) in [4.78, 5) is 29.5. The summed E-state index contributed by atoms with van der Waals surface area (Å²) in [5.41, 5.74) is 1.81. The number of benzene rings is 4. The third-order valence-corrected chi connectivity index (χ3v) is 8.96. The van der Waals surface area contributed by atoms with Gasteiger partial charge in [-0.15, -0.1) is 0 Å². The molecule has 4 aromatic rings. The number of hydrogen-bond acceptors (Lipinski definition) is 5. The molecule has 0 aliphatic rings. The first-order valence-electron chi connectivity index (χ1n) is 14.4. The minimum Gasteiger partial charge on any atom is -0.492 e. The molecule has 0 spiro atoms. The number of halogens is 1. The summed E-state index contributed by atoms with van der Waals surface area (Å²) in [6.45, 7) is 3.75. The zero-order valence-corrected chi connectivity index (χ0v) is 26.3. The highest BCUT2D eigenvalue weighted by molar-refractivity contribution is 7.92. The van der Waals surface area contributed by atoms with Crippen molar-refractivity contribution in [3.63, 3.8) is 0 Å². The number of rotatable bonds is 14. The van der Waals surface area contributed by atoms with Crippen molar-refractivity contribution in [2.75, 3.05) is 24.0 Å². The van der Waals surface area contributed by atoms with Crippen LogP contribution in [0.3, 0.4) is 0 Å². The fourth-order valence-electron chi connectivity index (χ4n) is 4.81. The van der Waals surface area contributed by atoms with E-state index in [1.54, 1.807) is 73.7 Å². The number of nitrogens with zero attached hydrogens (tertiary/aromatic N) is 2. The van der Waals surface area contributed by atoms with Gasteiger partial charge in [-0.1, -0.05) is 84.4 Å². The molecule has 0 saturated heterocycles. The van der Waals surface area contributed by atoms with Gasteiger partial charge in [0.25, 0.3) is 10.0 Å². The normalized spacial score (nSPS) is 11.8. The van der Waals surface area contributed by atoms with Crippen molar-refractivity contribution in [2.45, 2.75) is 37.8 Å². The molecule has 4 rings (SSSR count). The van der Waals surface area contributed by atoms with Gasteiger partial charge < -0.3 is 15.0 Å². The summed E-state index contributed by atoms with van der Waals surface area (Å²) in [5.74, 6) is -0.583. The van der Waals surface area contributed by atoms with Gasteiger partial charge in [-0.2, -0.15) is 0 Å². The maximum atomic E-state index is 14.5. The van der Waals surface area contributed by atoms with Crippen molar-refractivity contribution in [3.05, 3.63) is 125 Å². The molecule has 0 heterocycles. The number of ether oxygens (including phenoxy) is 1. The number of para-hydroxylation sites is 2. The molecule has 0 aliphatic heterocycles. The van der Waals surface area contributed by atoms with Crippen LogP contribution in [-0.4, -0.2) is 50.9 Å². The highest BCUT2D eigenvalue weighted by Gasteiger charge is 2.35. The molecule has 8 nitrogen and oxygen atoms in total. The number of hydrogen-bond donors (Lipinski definition) is 1. The Morgan fingerprint density at radius 3 is 2.07 bits per heavy atom. The van der Waals surface area contributed by atoms with Crippen LogP contribution in [0, 0.1) is 0 Å². The predicted octanol–water partition coefficient (Wildman–Crippen LogP) is 5.71. The summed E-state index contributed by atoms with van der Waals surface area (Å²) in [5, 5.41) is 3.39. The smallest absolute Gasteiger partial charge is 0.264 e. The van der Waals surface area contributed by atoms with Crippen molar-refractivity contribution >= 4 is 39.1 Å². The van der Waals surface area contributed by atoms with Crippen molar-refractivity contribution in [3.8, 4) is 5.75 Å². The average molecular weight is 634 g/mol. The van der Waals surface area contributed by atoms with Gasteiger partial charge in [-0.3, -0.25) is 13.9 Å². The van der Waals surface area contributed by atoms with Crippen LogP contribution in [0.5, 0.6) is 5.75 Å². The molecule has 0 bridgehead atoms. The van der Waals surface area contributed by atoms with Crippen LogP contribution in [0.15, 0.2) is 114 Å². The molecule has 1 N–H and O–H groups in total. The van der Waals surface area contributed by atoms with Gasteiger partial charge in [0, 0.05) is 24.5 Å². The first-order chi connectivity index (χ1) is 21.2. The molecule has 0 aliphatic carbocycles. The molecule has 0 fully saturated rings. The lowest BCUT2D eigenvalue weighted by atomic mass is 10.0. The summed E-state index contributed by atoms with van der Waals surface area (Å²) < 4.78 is 35.1. The number of anilines is 1. The number of nitrogens with one attached hydrogen (secondary N) is 1. The molecule has 0 saturated carbocycles. The van der Waals surface area contributed by atoms with Gasteiger partial charge in [0.2, 0.25) is 11.8 Å². The Morgan fingerprint density at radius 2 is 1.43 bits per heavy atom. The summed E-state index contributed by atoms with van der Waals surface area (Å²) >= 11 is 6.13. The lowest BCUT2D eigenvalue weighted by Crippen LogP contribution is -2.53. The first kappa shape index (κ1) is 32.6. The van der Waals surface area contributed by atoms with Crippen LogP contribution in [0.2, 0.25) is 5.02 Å². The monoisotopic (exact) mass is 633 g/mol. The highest BCUT2D eigenvalue weighted by atomic mass is 35.5. The fraction of sp³-hybridized carbons (Fsp3) is 0.235. The first-order valence-corrected chi connectivity index (χ1v) is 16.2. The maximum Gasteiger partial charge on any atom is 0.264 e. The third-order valence-electron chi connectivity index (χ3n) is 6.93. The molecule has 0 radical (unpaired) electrons. The predicted molar refractivity (Wildman–Crippen MR) is 173 cm³/mol. The van der Waals surface area contributed by atoms with E-state index in [0.717, 1.165) is 15.4 Å². The Labute approximate surface area is 264 Å². The zero-order chi connectivity index (χ0) is 31.5. The van der Waals surface area contributed by atoms with Crippen molar-refractivity contribution < 1.29 is 22.7 Å². The molecular formula is C34H36ClN3O5S. The maximum absolute atomic E-state index is 14.5. The van der Waals surface area contributed by atoms with E-state index in [2.05, 4.69) is 5.32 Å². The average Bonchev–Trinajstić information content (AvgIpc) is 3.04. The second-order valence-corrected chi connectivity index (χ2v) is 12.3. The fourth-order valence-corrected chi connectivity index (χ4v) is 6.38. The minimum absolute atomic E-state index is 0.0212. The Balaban J connectivity index is 1.82. The van der Waals surface area contributed by atoms with Gasteiger partial charge in [0.15, 0.2) is 0 Å². The van der Waals surface area contributed by atoms with Crippen LogP contribution in [0.4, 0.5) is 5.69 Å². The Morgan fingerprint density at radius 1 is 0.818 bits per heavy atom. The van der Waals surface area contributed by atoms with Gasteiger partial charge >= 0.3 is 0 Å². The quantitative estimate of drug-likeness (QED) is 0.192. The van der Waals surface area contributed by atoms with E-state index in [1.165, 1.54) is 17.0 Å². The second kappa shape index (κ2) is 15.4. The van der Waals surface area contributed by atoms with Gasteiger partial charge in [-0.25, -0.2) is 8.42 Å². The zero-order valence-electron chi connectivity index (χ0n) is 24.7. The SMILES string of the molecule is CCNC(=O)[C@H](Cc1ccccc1)N(Cc1ccc(Cl)cc1)C(=O)CN(c1ccccc1OCC)S(=O)(=O)c1ccccc1. The molecule has 1 atom stereocenters. The van der Waals surface area contributed by atoms with Crippen LogP contribution >= 0.6 is 11.6 Å². The molecule has 44 heavy (non-hydrogen) atoms. The van der Waals surface area contributed by atoms with Crippen LogP contribution in [-0.2, 0) is 32.6 Å². The van der Waals surface area contributed by atoms with Crippen LogP contribution in [0.1, 0.15) is 25.0 Å². The van der Waals surface area contributed by atoms with E-state index in [4.69, 9.17) is 16.3 Å². The van der Waals surface area contributed by atoms with Gasteiger partial charge in [0.05, 0.1) is 17.2 Å². The number of likely N-dealkylation sites (N-methyl/N-ethyl adjacent to an activating group) is 1. The van der Waals surface area contributed by atoms with E-state index in [0.29, 0.717) is 23.9 Å². The Kier molecular flexibility index (Phi) is 11.4. The van der Waals surface area contributed by atoms with Gasteiger partial charge in [-0.05, 0) is 61.4 Å². The van der Waals surface area contributed by atoms with Crippen molar-refractivity contribution in [1.29, 1.82) is 0 Å². The van der Waals surface area contributed by atoms with Crippen LogP contribution in [0.25, 0.3) is 0 Å². The number of sulfonamides is 1. The molecule has 4 aromatic carbocycles. The van der Waals surface area contributed by atoms with E-state index in [9.17, 15) is 18.0 Å². The second-order valence-electron chi connectivity index (χ2n) is 9.97. The lowest BCUT2D eigenvalue weighted by Gasteiger charge is -2.34. The molecule has 0 aromatic heterocycles. The number of amides is 2. The molecular weight excluding hydrogens is 598 g/mol. The topological polar surface area (TPSA) is 96.0 Å². The Hall–Kier alpha value is -4.34. The largest absolute Gasteiger partial charge is 0.492 e. The molecule has 10 heteroatoms. The summed E-state index contributed by atoms with van der Waals surface area (Å²) in [7, 11) is -4.23.